The topological polar surface area (TPSA) is 53.4 Å². The van der Waals surface area contributed by atoms with Crippen molar-refractivity contribution in [3.8, 4) is 0 Å². The molecule has 1 aromatic heterocycles. The molecule has 0 fully saturated rings. The highest BCUT2D eigenvalue weighted by molar-refractivity contribution is 5.86. The van der Waals surface area contributed by atoms with Crippen molar-refractivity contribution in [1.29, 1.82) is 0 Å². The molecule has 6 heteroatoms. The van der Waals surface area contributed by atoms with Gasteiger partial charge in [-0.15, -0.1) is 0 Å². The van der Waals surface area contributed by atoms with Crippen LogP contribution in [0.2, 0.25) is 0 Å². The van der Waals surface area contributed by atoms with Crippen LogP contribution >= 0.6 is 0 Å². The van der Waals surface area contributed by atoms with Gasteiger partial charge in [0, 0.05) is 23.7 Å². The van der Waals surface area contributed by atoms with E-state index in [1.807, 2.05) is 18.7 Å². The van der Waals surface area contributed by atoms with E-state index in [1.54, 1.807) is 6.07 Å². The first kappa shape index (κ1) is 14.4. The standard InChI is InChI=1S/C16H14F2N2O2/c1-16(2)8-20(9-3-4-10(17)11(18)7-9)13-6-5-12(15(21)22)19-14(13)16/h3-7H,8H2,1-2H3,(H,21,22). The molecular weight excluding hydrogens is 290 g/mol. The molecule has 0 aliphatic carbocycles. The number of pyridine rings is 1. The first-order valence-electron chi connectivity index (χ1n) is 6.77. The quantitative estimate of drug-likeness (QED) is 0.923. The number of hydrogen-bond acceptors (Lipinski definition) is 3. The normalized spacial score (nSPS) is 15.7. The molecule has 1 aliphatic heterocycles. The average Bonchev–Trinajstić information content (AvgIpc) is 2.73. The number of carboxylic acids is 1. The maximum atomic E-state index is 13.5. The van der Waals surface area contributed by atoms with Gasteiger partial charge in [-0.25, -0.2) is 18.6 Å². The third-order valence-corrected chi connectivity index (χ3v) is 3.79. The van der Waals surface area contributed by atoms with E-state index in [1.165, 1.54) is 12.1 Å². The Morgan fingerprint density at radius 1 is 1.23 bits per heavy atom. The summed E-state index contributed by atoms with van der Waals surface area (Å²) in [6.07, 6.45) is 0. The number of halogens is 2. The molecule has 22 heavy (non-hydrogen) atoms. The number of rotatable bonds is 2. The Morgan fingerprint density at radius 3 is 2.59 bits per heavy atom. The van der Waals surface area contributed by atoms with Crippen LogP contribution in [0.15, 0.2) is 30.3 Å². The maximum absolute atomic E-state index is 13.5. The van der Waals surface area contributed by atoms with Crippen molar-refractivity contribution in [3.63, 3.8) is 0 Å². The highest BCUT2D eigenvalue weighted by Gasteiger charge is 2.38. The number of anilines is 2. The zero-order valence-electron chi connectivity index (χ0n) is 12.1. The van der Waals surface area contributed by atoms with Gasteiger partial charge in [-0.2, -0.15) is 0 Å². The number of carbonyl (C=O) groups is 1. The molecule has 0 unspecified atom stereocenters. The van der Waals surface area contributed by atoms with Gasteiger partial charge in [0.2, 0.25) is 0 Å². The summed E-state index contributed by atoms with van der Waals surface area (Å²) in [6, 6.07) is 6.77. The van der Waals surface area contributed by atoms with Crippen molar-refractivity contribution in [1.82, 2.24) is 4.98 Å². The fraction of sp³-hybridized carbons (Fsp3) is 0.250. The lowest BCUT2D eigenvalue weighted by Gasteiger charge is -2.22. The number of carboxylic acid groups (broad SMARTS) is 1. The minimum absolute atomic E-state index is 0.0287. The van der Waals surface area contributed by atoms with E-state index in [0.717, 1.165) is 12.1 Å². The van der Waals surface area contributed by atoms with E-state index >= 15 is 0 Å². The molecule has 0 saturated heterocycles. The van der Waals surface area contributed by atoms with Gasteiger partial charge < -0.3 is 10.0 Å². The van der Waals surface area contributed by atoms with E-state index in [2.05, 4.69) is 4.98 Å². The lowest BCUT2D eigenvalue weighted by atomic mass is 9.91. The molecule has 0 bridgehead atoms. The van der Waals surface area contributed by atoms with Crippen LogP contribution in [-0.4, -0.2) is 22.6 Å². The molecule has 1 N–H and O–H groups in total. The molecule has 1 aliphatic rings. The predicted octanol–water partition coefficient (Wildman–Crippen LogP) is 3.49. The second-order valence-corrected chi connectivity index (χ2v) is 5.94. The van der Waals surface area contributed by atoms with E-state index in [0.29, 0.717) is 23.6 Å². The van der Waals surface area contributed by atoms with Gasteiger partial charge in [-0.3, -0.25) is 0 Å². The highest BCUT2D eigenvalue weighted by atomic mass is 19.2. The summed E-state index contributed by atoms with van der Waals surface area (Å²) in [5.74, 6) is -2.91. The molecular formula is C16H14F2N2O2. The molecule has 3 rings (SSSR count). The van der Waals surface area contributed by atoms with Gasteiger partial charge in [-0.1, -0.05) is 13.8 Å². The third-order valence-electron chi connectivity index (χ3n) is 3.79. The van der Waals surface area contributed by atoms with Crippen molar-refractivity contribution >= 4 is 17.3 Å². The minimum Gasteiger partial charge on any atom is -0.477 e. The fourth-order valence-electron chi connectivity index (χ4n) is 2.73. The van der Waals surface area contributed by atoms with E-state index in [9.17, 15) is 13.6 Å². The molecule has 2 aromatic rings. The number of fused-ring (bicyclic) bond motifs is 1. The van der Waals surface area contributed by atoms with Crippen LogP contribution in [0, 0.1) is 11.6 Å². The Bertz CT molecular complexity index is 775. The lowest BCUT2D eigenvalue weighted by molar-refractivity contribution is 0.0690. The number of hydrogen-bond donors (Lipinski definition) is 1. The molecule has 0 amide bonds. The summed E-state index contributed by atoms with van der Waals surface area (Å²) in [4.78, 5) is 17.1. The summed E-state index contributed by atoms with van der Waals surface area (Å²) in [5.41, 5.74) is 1.43. The van der Waals surface area contributed by atoms with Gasteiger partial charge in [0.05, 0.1) is 11.4 Å². The zero-order chi connectivity index (χ0) is 16.1. The Hall–Kier alpha value is -2.50. The second-order valence-electron chi connectivity index (χ2n) is 5.94. The molecule has 114 valence electrons. The molecule has 2 heterocycles. The van der Waals surface area contributed by atoms with E-state index in [-0.39, 0.29) is 5.69 Å². The molecule has 0 radical (unpaired) electrons. The Morgan fingerprint density at radius 2 is 1.95 bits per heavy atom. The van der Waals surface area contributed by atoms with Crippen molar-refractivity contribution in [2.45, 2.75) is 19.3 Å². The van der Waals surface area contributed by atoms with Crippen molar-refractivity contribution in [2.75, 3.05) is 11.4 Å². The van der Waals surface area contributed by atoms with Crippen LogP contribution in [0.3, 0.4) is 0 Å². The summed E-state index contributed by atoms with van der Waals surface area (Å²) >= 11 is 0. The number of benzene rings is 1. The molecule has 1 aromatic carbocycles. The Balaban J connectivity index is 2.11. The largest absolute Gasteiger partial charge is 0.477 e. The van der Waals surface area contributed by atoms with Crippen LogP contribution in [0.4, 0.5) is 20.2 Å². The molecule has 0 saturated carbocycles. The smallest absolute Gasteiger partial charge is 0.354 e. The zero-order valence-corrected chi connectivity index (χ0v) is 12.1. The van der Waals surface area contributed by atoms with Crippen LogP contribution in [0.25, 0.3) is 0 Å². The fourth-order valence-corrected chi connectivity index (χ4v) is 2.73. The van der Waals surface area contributed by atoms with E-state index < -0.39 is 23.0 Å². The van der Waals surface area contributed by atoms with Crippen LogP contribution < -0.4 is 4.90 Å². The van der Waals surface area contributed by atoms with Crippen LogP contribution in [0.5, 0.6) is 0 Å². The van der Waals surface area contributed by atoms with Crippen molar-refractivity contribution in [2.24, 2.45) is 0 Å². The van der Waals surface area contributed by atoms with Gasteiger partial charge in [-0.05, 0) is 24.3 Å². The van der Waals surface area contributed by atoms with E-state index in [4.69, 9.17) is 5.11 Å². The van der Waals surface area contributed by atoms with Gasteiger partial charge in [0.1, 0.15) is 5.69 Å². The predicted molar refractivity (Wildman–Crippen MR) is 77.6 cm³/mol. The molecule has 0 atom stereocenters. The van der Waals surface area contributed by atoms with Crippen LogP contribution in [0.1, 0.15) is 30.0 Å². The summed E-state index contributed by atoms with van der Waals surface area (Å²) in [6.45, 7) is 4.37. The monoisotopic (exact) mass is 304 g/mol. The van der Waals surface area contributed by atoms with Gasteiger partial charge in [0.25, 0.3) is 0 Å². The lowest BCUT2D eigenvalue weighted by Crippen LogP contribution is -2.25. The summed E-state index contributed by atoms with van der Waals surface area (Å²) in [7, 11) is 0. The SMILES string of the molecule is CC1(C)CN(c2ccc(F)c(F)c2)c2ccc(C(=O)O)nc21. The van der Waals surface area contributed by atoms with Gasteiger partial charge in [0.15, 0.2) is 11.6 Å². The van der Waals surface area contributed by atoms with Crippen molar-refractivity contribution < 1.29 is 18.7 Å². The first-order valence-corrected chi connectivity index (χ1v) is 6.77. The summed E-state index contributed by atoms with van der Waals surface area (Å²) in [5, 5.41) is 9.07. The second kappa shape index (κ2) is 4.76. The number of nitrogens with zero attached hydrogens (tertiary/aromatic N) is 2. The first-order chi connectivity index (χ1) is 10.3. The van der Waals surface area contributed by atoms with Crippen LogP contribution in [-0.2, 0) is 5.41 Å². The number of aromatic nitrogens is 1. The van der Waals surface area contributed by atoms with Crippen molar-refractivity contribution in [3.05, 3.63) is 53.4 Å². The Kier molecular flexibility index (Phi) is 3.12. The average molecular weight is 304 g/mol. The molecule has 4 nitrogen and oxygen atoms in total. The van der Waals surface area contributed by atoms with Gasteiger partial charge >= 0.3 is 5.97 Å². The maximum Gasteiger partial charge on any atom is 0.354 e. The summed E-state index contributed by atoms with van der Waals surface area (Å²) < 4.78 is 26.6. The highest BCUT2D eigenvalue weighted by Crippen LogP contribution is 2.43. The molecule has 0 spiro atoms. The third kappa shape index (κ3) is 2.20. The Labute approximate surface area is 126 Å². The minimum atomic E-state index is -1.09. The number of aromatic carboxylic acids is 1.